The average Bonchev–Trinajstić information content (AvgIpc) is 2.37. The standard InChI is InChI=1S/C14H17N3O4/c1-8(13(19)20)10-6-17(7-10)14(21)16-11-4-2-9(3-5-11)12(15)18/h2-5,8,10H,6-7H2,1H3,(H2,15,18)(H,16,21)(H,19,20). The minimum Gasteiger partial charge on any atom is -0.481 e. The maximum Gasteiger partial charge on any atom is 0.321 e. The fraction of sp³-hybridized carbons (Fsp3) is 0.357. The minimum absolute atomic E-state index is 0.00881. The van der Waals surface area contributed by atoms with Gasteiger partial charge in [-0.05, 0) is 24.3 Å². The van der Waals surface area contributed by atoms with Gasteiger partial charge in [-0.3, -0.25) is 9.59 Å². The zero-order valence-electron chi connectivity index (χ0n) is 11.6. The summed E-state index contributed by atoms with van der Waals surface area (Å²) in [7, 11) is 0. The first-order valence-electron chi connectivity index (χ1n) is 6.57. The van der Waals surface area contributed by atoms with Crippen molar-refractivity contribution in [3.63, 3.8) is 0 Å². The lowest BCUT2D eigenvalue weighted by atomic mass is 9.87. The summed E-state index contributed by atoms with van der Waals surface area (Å²) in [6.07, 6.45) is 0. The number of primary amides is 1. The first kappa shape index (κ1) is 14.8. The molecule has 4 N–H and O–H groups in total. The van der Waals surface area contributed by atoms with Crippen LogP contribution in [-0.4, -0.2) is 41.0 Å². The van der Waals surface area contributed by atoms with E-state index in [1.165, 1.54) is 12.1 Å². The summed E-state index contributed by atoms with van der Waals surface area (Å²) >= 11 is 0. The monoisotopic (exact) mass is 291 g/mol. The summed E-state index contributed by atoms with van der Waals surface area (Å²) in [6, 6.07) is 5.97. The van der Waals surface area contributed by atoms with Gasteiger partial charge < -0.3 is 21.1 Å². The van der Waals surface area contributed by atoms with E-state index < -0.39 is 17.8 Å². The van der Waals surface area contributed by atoms with Crippen molar-refractivity contribution in [2.45, 2.75) is 6.92 Å². The number of nitrogens with one attached hydrogen (secondary N) is 1. The number of likely N-dealkylation sites (tertiary alicyclic amines) is 1. The first-order valence-corrected chi connectivity index (χ1v) is 6.57. The zero-order chi connectivity index (χ0) is 15.6. The highest BCUT2D eigenvalue weighted by Crippen LogP contribution is 2.24. The summed E-state index contributed by atoms with van der Waals surface area (Å²) in [5.74, 6) is -1.84. The molecule has 7 heteroatoms. The molecule has 21 heavy (non-hydrogen) atoms. The molecule has 1 atom stereocenters. The quantitative estimate of drug-likeness (QED) is 0.767. The van der Waals surface area contributed by atoms with E-state index in [-0.39, 0.29) is 11.9 Å². The van der Waals surface area contributed by atoms with Gasteiger partial charge in [-0.15, -0.1) is 0 Å². The van der Waals surface area contributed by atoms with Crippen molar-refractivity contribution in [3.05, 3.63) is 29.8 Å². The Labute approximate surface area is 121 Å². The molecule has 1 aliphatic rings. The highest BCUT2D eigenvalue weighted by Gasteiger charge is 2.37. The fourth-order valence-electron chi connectivity index (χ4n) is 2.12. The lowest BCUT2D eigenvalue weighted by molar-refractivity contribution is -0.144. The summed E-state index contributed by atoms with van der Waals surface area (Å²) in [5, 5.41) is 11.6. The third-order valence-corrected chi connectivity index (χ3v) is 3.71. The van der Waals surface area contributed by atoms with Gasteiger partial charge in [0.05, 0.1) is 5.92 Å². The molecule has 0 radical (unpaired) electrons. The Balaban J connectivity index is 1.86. The predicted octanol–water partition coefficient (Wildman–Crippen LogP) is 0.970. The summed E-state index contributed by atoms with van der Waals surface area (Å²) < 4.78 is 0. The fourth-order valence-corrected chi connectivity index (χ4v) is 2.12. The number of rotatable bonds is 4. The van der Waals surface area contributed by atoms with Gasteiger partial charge in [0.1, 0.15) is 0 Å². The number of amides is 3. The number of anilines is 1. The molecule has 0 spiro atoms. The number of nitrogens with two attached hydrogens (primary N) is 1. The SMILES string of the molecule is CC(C(=O)O)C1CN(C(=O)Nc2ccc(C(N)=O)cc2)C1. The van der Waals surface area contributed by atoms with Gasteiger partial charge in [0.15, 0.2) is 0 Å². The molecule has 1 aliphatic heterocycles. The molecule has 7 nitrogen and oxygen atoms in total. The molecule has 0 aromatic heterocycles. The van der Waals surface area contributed by atoms with Crippen LogP contribution in [0.1, 0.15) is 17.3 Å². The van der Waals surface area contributed by atoms with Crippen LogP contribution >= 0.6 is 0 Å². The van der Waals surface area contributed by atoms with E-state index in [2.05, 4.69) is 5.32 Å². The van der Waals surface area contributed by atoms with Crippen molar-refractivity contribution in [1.82, 2.24) is 4.90 Å². The van der Waals surface area contributed by atoms with Crippen LogP contribution in [0.25, 0.3) is 0 Å². The average molecular weight is 291 g/mol. The largest absolute Gasteiger partial charge is 0.481 e. The highest BCUT2D eigenvalue weighted by molar-refractivity contribution is 5.94. The lowest BCUT2D eigenvalue weighted by Crippen LogP contribution is -2.54. The van der Waals surface area contributed by atoms with Gasteiger partial charge in [0.2, 0.25) is 5.91 Å². The third-order valence-electron chi connectivity index (χ3n) is 3.71. The van der Waals surface area contributed by atoms with E-state index in [0.29, 0.717) is 24.3 Å². The molecule has 1 heterocycles. The maximum absolute atomic E-state index is 11.9. The minimum atomic E-state index is -0.845. The van der Waals surface area contributed by atoms with Crippen LogP contribution in [0.3, 0.4) is 0 Å². The Hall–Kier alpha value is -2.57. The summed E-state index contributed by atoms with van der Waals surface area (Å²) in [5.41, 5.74) is 6.05. The van der Waals surface area contributed by atoms with Crippen LogP contribution in [0, 0.1) is 11.8 Å². The molecule has 1 unspecified atom stereocenters. The Morgan fingerprint density at radius 1 is 1.29 bits per heavy atom. The van der Waals surface area contributed by atoms with Gasteiger partial charge in [-0.2, -0.15) is 0 Å². The molecule has 0 bridgehead atoms. The highest BCUT2D eigenvalue weighted by atomic mass is 16.4. The topological polar surface area (TPSA) is 113 Å². The second-order valence-electron chi connectivity index (χ2n) is 5.16. The molecular weight excluding hydrogens is 274 g/mol. The second kappa shape index (κ2) is 5.82. The zero-order valence-corrected chi connectivity index (χ0v) is 11.6. The van der Waals surface area contributed by atoms with Gasteiger partial charge in [-0.25, -0.2) is 4.79 Å². The van der Waals surface area contributed by atoms with Gasteiger partial charge in [-0.1, -0.05) is 6.92 Å². The Morgan fingerprint density at radius 3 is 2.33 bits per heavy atom. The number of hydrogen-bond donors (Lipinski definition) is 3. The molecule has 0 aliphatic carbocycles. The molecule has 1 aromatic rings. The Kier molecular flexibility index (Phi) is 4.11. The van der Waals surface area contributed by atoms with E-state index in [1.807, 2.05) is 0 Å². The van der Waals surface area contributed by atoms with E-state index in [9.17, 15) is 14.4 Å². The molecule has 112 valence electrons. The number of carbonyl (C=O) groups excluding carboxylic acids is 2. The van der Waals surface area contributed by atoms with Crippen molar-refractivity contribution in [2.75, 3.05) is 18.4 Å². The molecule has 3 amide bonds. The molecule has 0 saturated carbocycles. The van der Waals surface area contributed by atoms with Crippen LogP contribution in [-0.2, 0) is 4.79 Å². The third kappa shape index (κ3) is 3.31. The predicted molar refractivity (Wildman–Crippen MR) is 75.8 cm³/mol. The molecule has 1 aromatic carbocycles. The van der Waals surface area contributed by atoms with Gasteiger partial charge in [0, 0.05) is 30.3 Å². The van der Waals surface area contributed by atoms with Crippen LogP contribution in [0.4, 0.5) is 10.5 Å². The summed E-state index contributed by atoms with van der Waals surface area (Å²) in [4.78, 5) is 35.2. The van der Waals surface area contributed by atoms with Crippen LogP contribution in [0.15, 0.2) is 24.3 Å². The van der Waals surface area contributed by atoms with E-state index in [4.69, 9.17) is 10.8 Å². The maximum atomic E-state index is 11.9. The first-order chi connectivity index (χ1) is 9.88. The molecule has 2 rings (SSSR count). The van der Waals surface area contributed by atoms with Crippen molar-refractivity contribution < 1.29 is 19.5 Å². The van der Waals surface area contributed by atoms with Crippen molar-refractivity contribution in [2.24, 2.45) is 17.6 Å². The van der Waals surface area contributed by atoms with Crippen LogP contribution < -0.4 is 11.1 Å². The van der Waals surface area contributed by atoms with Crippen molar-refractivity contribution >= 4 is 23.6 Å². The van der Waals surface area contributed by atoms with E-state index in [1.54, 1.807) is 24.0 Å². The van der Waals surface area contributed by atoms with E-state index >= 15 is 0 Å². The van der Waals surface area contributed by atoms with Crippen LogP contribution in [0.2, 0.25) is 0 Å². The number of aliphatic carboxylic acids is 1. The number of benzene rings is 1. The normalized spacial score (nSPS) is 16.0. The Bertz CT molecular complexity index is 564. The Morgan fingerprint density at radius 2 is 1.86 bits per heavy atom. The molecular formula is C14H17N3O4. The number of urea groups is 1. The van der Waals surface area contributed by atoms with Gasteiger partial charge in [0.25, 0.3) is 0 Å². The number of hydrogen-bond acceptors (Lipinski definition) is 3. The number of carboxylic acids is 1. The van der Waals surface area contributed by atoms with Crippen molar-refractivity contribution in [1.29, 1.82) is 0 Å². The van der Waals surface area contributed by atoms with Crippen LogP contribution in [0.5, 0.6) is 0 Å². The van der Waals surface area contributed by atoms with Crippen molar-refractivity contribution in [3.8, 4) is 0 Å². The van der Waals surface area contributed by atoms with Gasteiger partial charge >= 0.3 is 12.0 Å². The smallest absolute Gasteiger partial charge is 0.321 e. The number of carbonyl (C=O) groups is 3. The lowest BCUT2D eigenvalue weighted by Gasteiger charge is -2.41. The number of nitrogens with zero attached hydrogens (tertiary/aromatic N) is 1. The molecule has 1 saturated heterocycles. The number of carboxylic acid groups (broad SMARTS) is 1. The van der Waals surface area contributed by atoms with E-state index in [0.717, 1.165) is 0 Å². The summed E-state index contributed by atoms with van der Waals surface area (Å²) in [6.45, 7) is 2.50. The second-order valence-corrected chi connectivity index (χ2v) is 5.16. The molecule has 1 fully saturated rings.